The van der Waals surface area contributed by atoms with Gasteiger partial charge in [0, 0.05) is 0 Å². The summed E-state index contributed by atoms with van der Waals surface area (Å²) in [4.78, 5) is 25.8. The van der Waals surface area contributed by atoms with Crippen molar-refractivity contribution in [3.63, 3.8) is 0 Å². The van der Waals surface area contributed by atoms with Crippen molar-refractivity contribution in [3.05, 3.63) is 35.4 Å². The van der Waals surface area contributed by atoms with Crippen molar-refractivity contribution in [2.75, 3.05) is 52.8 Å². The second kappa shape index (κ2) is 15.0. The molecule has 0 unspecified atom stereocenters. The molecule has 1 aromatic carbocycles. The van der Waals surface area contributed by atoms with Gasteiger partial charge in [0.1, 0.15) is 48.8 Å². The summed E-state index contributed by atoms with van der Waals surface area (Å²) in [6.07, 6.45) is -15.3. The summed E-state index contributed by atoms with van der Waals surface area (Å²) in [6.45, 7) is -0.827. The Labute approximate surface area is 240 Å². The summed E-state index contributed by atoms with van der Waals surface area (Å²) in [5, 5.41) is 70.2. The molecular formula is C26H37NO15. The van der Waals surface area contributed by atoms with E-state index in [-0.39, 0.29) is 51.4 Å². The molecule has 3 heterocycles. The number of carbonyl (C=O) groups is 2. The van der Waals surface area contributed by atoms with Crippen molar-refractivity contribution in [2.45, 2.75) is 61.4 Å². The van der Waals surface area contributed by atoms with E-state index in [1.807, 2.05) is 0 Å². The lowest BCUT2D eigenvalue weighted by atomic mass is 9.97. The minimum Gasteiger partial charge on any atom is -0.394 e. The molecule has 16 heteroatoms. The number of nitrogens with zero attached hydrogens (tertiary/aromatic N) is 1. The number of ether oxygens (including phenoxy) is 6. The van der Waals surface area contributed by atoms with Gasteiger partial charge in [0.15, 0.2) is 12.6 Å². The monoisotopic (exact) mass is 603 g/mol. The summed E-state index contributed by atoms with van der Waals surface area (Å²) in [7, 11) is 0. The van der Waals surface area contributed by atoms with Crippen LogP contribution in [0.15, 0.2) is 24.3 Å². The fraction of sp³-hybridized carbons (Fsp3) is 0.692. The molecule has 0 aliphatic carbocycles. The standard InChI is InChI=1S/C26H37NO15/c28-11-15-17(30)18(31)20(33)26(40-15)42-22-16(12-29)41-25(21(34)19(22)32)39-10-9-38-8-7-37-6-5-27-23(35)13-3-1-2-4-14(13)24(27)36/h1-4,15-22,25-26,28-34H,5-12H2/t15-,16-,17+,18+,19-,20-,21-,22-,25-,26+/m1/s1. The zero-order valence-electron chi connectivity index (χ0n) is 22.6. The van der Waals surface area contributed by atoms with Crippen molar-refractivity contribution in [1.82, 2.24) is 4.90 Å². The zero-order valence-corrected chi connectivity index (χ0v) is 22.6. The first-order valence-corrected chi connectivity index (χ1v) is 13.5. The second-order valence-corrected chi connectivity index (χ2v) is 9.91. The number of amides is 2. The maximum atomic E-state index is 12.3. The highest BCUT2D eigenvalue weighted by Gasteiger charge is 2.50. The largest absolute Gasteiger partial charge is 0.394 e. The molecule has 0 aromatic heterocycles. The van der Waals surface area contributed by atoms with Crippen LogP contribution in [0.2, 0.25) is 0 Å². The molecule has 10 atom stereocenters. The highest BCUT2D eigenvalue weighted by atomic mass is 16.7. The molecule has 3 aliphatic heterocycles. The average Bonchev–Trinajstić information content (AvgIpc) is 3.24. The normalized spacial score (nSPS) is 35.1. The van der Waals surface area contributed by atoms with E-state index in [1.165, 1.54) is 0 Å². The van der Waals surface area contributed by atoms with Gasteiger partial charge in [-0.1, -0.05) is 12.1 Å². The predicted molar refractivity (Wildman–Crippen MR) is 136 cm³/mol. The van der Waals surface area contributed by atoms with Crippen LogP contribution in [0.3, 0.4) is 0 Å². The smallest absolute Gasteiger partial charge is 0.261 e. The third-order valence-electron chi connectivity index (χ3n) is 7.18. The van der Waals surface area contributed by atoms with Crippen molar-refractivity contribution in [3.8, 4) is 0 Å². The minimum atomic E-state index is -1.76. The molecule has 2 saturated heterocycles. The second-order valence-electron chi connectivity index (χ2n) is 9.91. The van der Waals surface area contributed by atoms with Crippen LogP contribution in [0.1, 0.15) is 20.7 Å². The van der Waals surface area contributed by atoms with Crippen molar-refractivity contribution < 1.29 is 73.8 Å². The molecule has 0 spiro atoms. The Kier molecular flexibility index (Phi) is 11.7. The van der Waals surface area contributed by atoms with Crippen LogP contribution in [0.25, 0.3) is 0 Å². The van der Waals surface area contributed by atoms with Gasteiger partial charge < -0.3 is 64.2 Å². The maximum Gasteiger partial charge on any atom is 0.261 e. The number of fused-ring (bicyclic) bond motifs is 1. The molecule has 0 saturated carbocycles. The maximum absolute atomic E-state index is 12.3. The highest BCUT2D eigenvalue weighted by Crippen LogP contribution is 2.29. The van der Waals surface area contributed by atoms with Gasteiger partial charge in [-0.05, 0) is 12.1 Å². The number of aliphatic hydroxyl groups is 7. The lowest BCUT2D eigenvalue weighted by Crippen LogP contribution is -2.64. The van der Waals surface area contributed by atoms with Crippen LogP contribution in [-0.4, -0.2) is 167 Å². The first-order valence-electron chi connectivity index (χ1n) is 13.5. The first kappa shape index (κ1) is 32.7. The summed E-state index contributed by atoms with van der Waals surface area (Å²) in [5.74, 6) is -0.722. The molecule has 4 rings (SSSR count). The van der Waals surface area contributed by atoms with E-state index in [4.69, 9.17) is 28.4 Å². The van der Waals surface area contributed by atoms with Gasteiger partial charge in [0.05, 0.1) is 63.9 Å². The van der Waals surface area contributed by atoms with Crippen LogP contribution in [0.5, 0.6) is 0 Å². The Balaban J connectivity index is 1.13. The van der Waals surface area contributed by atoms with Gasteiger partial charge in [0.25, 0.3) is 11.8 Å². The molecule has 2 fully saturated rings. The number of carbonyl (C=O) groups excluding carboxylic acids is 2. The van der Waals surface area contributed by atoms with Crippen molar-refractivity contribution >= 4 is 11.8 Å². The average molecular weight is 604 g/mol. The van der Waals surface area contributed by atoms with Crippen LogP contribution in [0, 0.1) is 0 Å². The number of hydrogen-bond acceptors (Lipinski definition) is 15. The number of imide groups is 1. The van der Waals surface area contributed by atoms with Crippen LogP contribution < -0.4 is 0 Å². The zero-order chi connectivity index (χ0) is 30.4. The van der Waals surface area contributed by atoms with E-state index in [2.05, 4.69) is 0 Å². The molecule has 1 aromatic rings. The molecule has 236 valence electrons. The van der Waals surface area contributed by atoms with Gasteiger partial charge in [-0.15, -0.1) is 0 Å². The first-order chi connectivity index (χ1) is 20.2. The number of rotatable bonds is 14. The van der Waals surface area contributed by atoms with E-state index < -0.39 is 74.6 Å². The minimum absolute atomic E-state index is 0.0546. The van der Waals surface area contributed by atoms with Gasteiger partial charge in [-0.3, -0.25) is 14.5 Å². The highest BCUT2D eigenvalue weighted by molar-refractivity contribution is 6.21. The third-order valence-corrected chi connectivity index (χ3v) is 7.18. The molecular weight excluding hydrogens is 566 g/mol. The van der Waals surface area contributed by atoms with E-state index in [0.717, 1.165) is 4.90 Å². The molecule has 42 heavy (non-hydrogen) atoms. The predicted octanol–water partition coefficient (Wildman–Crippen LogP) is -4.04. The number of benzene rings is 1. The molecule has 7 N–H and O–H groups in total. The Morgan fingerprint density at radius 2 is 1.21 bits per heavy atom. The Bertz CT molecular complexity index is 1010. The topological polar surface area (TPSA) is 234 Å². The van der Waals surface area contributed by atoms with E-state index in [9.17, 15) is 45.3 Å². The Morgan fingerprint density at radius 1 is 0.667 bits per heavy atom. The third kappa shape index (κ3) is 7.13. The Hall–Kier alpha value is -2.16. The van der Waals surface area contributed by atoms with Gasteiger partial charge in [-0.2, -0.15) is 0 Å². The summed E-state index contributed by atoms with van der Waals surface area (Å²) < 4.78 is 32.5. The van der Waals surface area contributed by atoms with Crippen molar-refractivity contribution in [2.24, 2.45) is 0 Å². The fourth-order valence-corrected chi connectivity index (χ4v) is 4.84. The van der Waals surface area contributed by atoms with E-state index in [0.29, 0.717) is 11.1 Å². The quantitative estimate of drug-likeness (QED) is 0.0792. The van der Waals surface area contributed by atoms with E-state index in [1.54, 1.807) is 24.3 Å². The molecule has 2 amide bonds. The Morgan fingerprint density at radius 3 is 1.83 bits per heavy atom. The van der Waals surface area contributed by atoms with Crippen LogP contribution >= 0.6 is 0 Å². The molecule has 16 nitrogen and oxygen atoms in total. The van der Waals surface area contributed by atoms with Crippen molar-refractivity contribution in [1.29, 1.82) is 0 Å². The molecule has 0 bridgehead atoms. The van der Waals surface area contributed by atoms with Gasteiger partial charge >= 0.3 is 0 Å². The van der Waals surface area contributed by atoms with Gasteiger partial charge in [-0.25, -0.2) is 0 Å². The summed E-state index contributed by atoms with van der Waals surface area (Å²) in [6, 6.07) is 6.59. The molecule has 0 radical (unpaired) electrons. The SMILES string of the molecule is O=C1c2ccccc2C(=O)N1CCOCCOCCO[C@@H]1O[C@H](CO)[C@@H](O[C@@H]2O[C@H](CO)[C@H](O)[C@H](O)[C@H]2O)[C@H](O)[C@H]1O. The molecule has 3 aliphatic rings. The van der Waals surface area contributed by atoms with Gasteiger partial charge in [0.2, 0.25) is 0 Å². The van der Waals surface area contributed by atoms with Crippen LogP contribution in [0.4, 0.5) is 0 Å². The lowest BCUT2D eigenvalue weighted by Gasteiger charge is -2.45. The fourth-order valence-electron chi connectivity index (χ4n) is 4.84. The summed E-state index contributed by atoms with van der Waals surface area (Å²) >= 11 is 0. The number of aliphatic hydroxyl groups excluding tert-OH is 7. The summed E-state index contributed by atoms with van der Waals surface area (Å²) in [5.41, 5.74) is 0.736. The number of hydrogen-bond donors (Lipinski definition) is 7. The van der Waals surface area contributed by atoms with E-state index >= 15 is 0 Å². The lowest BCUT2D eigenvalue weighted by molar-refractivity contribution is -0.359. The van der Waals surface area contributed by atoms with Crippen LogP contribution in [-0.2, 0) is 28.4 Å².